The lowest BCUT2D eigenvalue weighted by Gasteiger charge is -2.20. The minimum absolute atomic E-state index is 0.00428. The Kier molecular flexibility index (Phi) is 6.04. The second-order valence-corrected chi connectivity index (χ2v) is 7.53. The van der Waals surface area contributed by atoms with E-state index in [1.54, 1.807) is 35.9 Å². The van der Waals surface area contributed by atoms with Gasteiger partial charge in [0.2, 0.25) is 5.91 Å². The third-order valence-electron chi connectivity index (χ3n) is 3.68. The molecule has 0 bridgehead atoms. The molecule has 2 aromatic heterocycles. The van der Waals surface area contributed by atoms with Crippen molar-refractivity contribution in [2.24, 2.45) is 0 Å². The van der Waals surface area contributed by atoms with Crippen LogP contribution in [0.15, 0.2) is 65.4 Å². The molecule has 0 aliphatic rings. The van der Waals surface area contributed by atoms with E-state index < -0.39 is 0 Å². The SMILES string of the molecule is COc1cccc(/C=C/C(=O)N(Cc2cccs2)Cc2cccs2)c1. The zero-order valence-electron chi connectivity index (χ0n) is 13.9. The molecule has 0 N–H and O–H groups in total. The lowest BCUT2D eigenvalue weighted by Crippen LogP contribution is -2.27. The number of carbonyl (C=O) groups is 1. The van der Waals surface area contributed by atoms with Crippen molar-refractivity contribution < 1.29 is 9.53 Å². The highest BCUT2D eigenvalue weighted by atomic mass is 32.1. The number of hydrogen-bond donors (Lipinski definition) is 0. The van der Waals surface area contributed by atoms with E-state index in [2.05, 4.69) is 12.1 Å². The van der Waals surface area contributed by atoms with Gasteiger partial charge >= 0.3 is 0 Å². The Morgan fingerprint density at radius 1 is 1.04 bits per heavy atom. The molecule has 1 amide bonds. The van der Waals surface area contributed by atoms with Gasteiger partial charge in [0, 0.05) is 15.8 Å². The number of hydrogen-bond acceptors (Lipinski definition) is 4. The van der Waals surface area contributed by atoms with Gasteiger partial charge in [-0.25, -0.2) is 0 Å². The van der Waals surface area contributed by atoms with Gasteiger partial charge in [0.15, 0.2) is 0 Å². The molecular formula is C20H19NO2S2. The summed E-state index contributed by atoms with van der Waals surface area (Å²) in [6.45, 7) is 1.24. The summed E-state index contributed by atoms with van der Waals surface area (Å²) < 4.78 is 5.22. The highest BCUT2D eigenvalue weighted by Crippen LogP contribution is 2.18. The Balaban J connectivity index is 1.74. The molecule has 0 spiro atoms. The van der Waals surface area contributed by atoms with Crippen LogP contribution < -0.4 is 4.74 Å². The van der Waals surface area contributed by atoms with E-state index in [1.807, 2.05) is 58.1 Å². The van der Waals surface area contributed by atoms with Crippen LogP contribution in [0.4, 0.5) is 0 Å². The summed E-state index contributed by atoms with van der Waals surface area (Å²) >= 11 is 3.34. The molecule has 3 nitrogen and oxygen atoms in total. The van der Waals surface area contributed by atoms with Crippen LogP contribution in [0, 0.1) is 0 Å². The first-order valence-corrected chi connectivity index (χ1v) is 9.66. The predicted octanol–water partition coefficient (Wildman–Crippen LogP) is 5.06. The number of benzene rings is 1. The van der Waals surface area contributed by atoms with Gasteiger partial charge in [-0.05, 0) is 46.7 Å². The van der Waals surface area contributed by atoms with Crippen molar-refractivity contribution in [3.05, 3.63) is 80.7 Å². The molecule has 0 saturated heterocycles. The van der Waals surface area contributed by atoms with Crippen LogP contribution in [0.3, 0.4) is 0 Å². The number of rotatable bonds is 7. The Bertz CT molecular complexity index is 787. The average Bonchev–Trinajstić information content (AvgIpc) is 3.33. The summed E-state index contributed by atoms with van der Waals surface area (Å²) in [6, 6.07) is 15.8. The molecule has 128 valence electrons. The maximum atomic E-state index is 12.7. The summed E-state index contributed by atoms with van der Waals surface area (Å²) in [5.74, 6) is 0.785. The fraction of sp³-hybridized carbons (Fsp3) is 0.150. The highest BCUT2D eigenvalue weighted by molar-refractivity contribution is 7.10. The van der Waals surface area contributed by atoms with Gasteiger partial charge in [0.1, 0.15) is 5.75 Å². The summed E-state index contributed by atoms with van der Waals surface area (Å²) in [4.78, 5) is 17.0. The molecular weight excluding hydrogens is 350 g/mol. The van der Waals surface area contributed by atoms with E-state index in [9.17, 15) is 4.79 Å². The normalized spacial score (nSPS) is 10.9. The second-order valence-electron chi connectivity index (χ2n) is 5.46. The molecule has 0 saturated carbocycles. The van der Waals surface area contributed by atoms with Gasteiger partial charge in [-0.3, -0.25) is 4.79 Å². The molecule has 0 radical (unpaired) electrons. The number of methoxy groups -OCH3 is 1. The van der Waals surface area contributed by atoms with Gasteiger partial charge in [-0.15, -0.1) is 22.7 Å². The number of ether oxygens (including phenoxy) is 1. The monoisotopic (exact) mass is 369 g/mol. The van der Waals surface area contributed by atoms with E-state index in [-0.39, 0.29) is 5.91 Å². The summed E-state index contributed by atoms with van der Waals surface area (Å²) in [5.41, 5.74) is 0.944. The third kappa shape index (κ3) is 5.05. The van der Waals surface area contributed by atoms with Crippen molar-refractivity contribution in [3.63, 3.8) is 0 Å². The minimum Gasteiger partial charge on any atom is -0.497 e. The van der Waals surface area contributed by atoms with E-state index >= 15 is 0 Å². The van der Waals surface area contributed by atoms with E-state index in [4.69, 9.17) is 4.74 Å². The van der Waals surface area contributed by atoms with E-state index in [1.165, 1.54) is 9.75 Å². The van der Waals surface area contributed by atoms with Gasteiger partial charge in [0.25, 0.3) is 0 Å². The van der Waals surface area contributed by atoms with Gasteiger partial charge in [-0.1, -0.05) is 24.3 Å². The Labute approximate surface area is 155 Å². The first-order chi connectivity index (χ1) is 12.2. The summed E-state index contributed by atoms with van der Waals surface area (Å²) in [7, 11) is 1.64. The maximum Gasteiger partial charge on any atom is 0.247 e. The molecule has 0 fully saturated rings. The van der Waals surface area contributed by atoms with Gasteiger partial charge in [-0.2, -0.15) is 0 Å². The minimum atomic E-state index is 0.00428. The predicted molar refractivity (Wildman–Crippen MR) is 105 cm³/mol. The van der Waals surface area contributed by atoms with Crippen molar-refractivity contribution in [3.8, 4) is 5.75 Å². The van der Waals surface area contributed by atoms with E-state index in [0.717, 1.165) is 11.3 Å². The van der Waals surface area contributed by atoms with Crippen LogP contribution >= 0.6 is 22.7 Å². The van der Waals surface area contributed by atoms with Crippen LogP contribution in [0.25, 0.3) is 6.08 Å². The quantitative estimate of drug-likeness (QED) is 0.545. The number of nitrogens with zero attached hydrogens (tertiary/aromatic N) is 1. The Morgan fingerprint density at radius 2 is 1.72 bits per heavy atom. The topological polar surface area (TPSA) is 29.5 Å². The molecule has 3 rings (SSSR count). The number of thiophene rings is 2. The molecule has 2 heterocycles. The molecule has 0 aliphatic carbocycles. The van der Waals surface area contributed by atoms with Crippen molar-refractivity contribution in [2.45, 2.75) is 13.1 Å². The molecule has 0 aliphatic heterocycles. The fourth-order valence-corrected chi connectivity index (χ4v) is 3.85. The van der Waals surface area contributed by atoms with Crippen molar-refractivity contribution in [1.82, 2.24) is 4.90 Å². The standard InChI is InChI=1S/C20H19NO2S2/c1-23-17-6-2-5-16(13-17)9-10-20(22)21(14-18-7-3-11-24-18)15-19-8-4-12-25-19/h2-13H,14-15H2,1H3/b10-9+. The number of amides is 1. The smallest absolute Gasteiger partial charge is 0.247 e. The molecule has 25 heavy (non-hydrogen) atoms. The highest BCUT2D eigenvalue weighted by Gasteiger charge is 2.13. The molecule has 0 unspecified atom stereocenters. The lowest BCUT2D eigenvalue weighted by atomic mass is 10.2. The summed E-state index contributed by atoms with van der Waals surface area (Å²) in [6.07, 6.45) is 3.47. The fourth-order valence-electron chi connectivity index (χ4n) is 2.41. The Hall–Kier alpha value is -2.37. The second kappa shape index (κ2) is 8.65. The van der Waals surface area contributed by atoms with Crippen LogP contribution in [0.2, 0.25) is 0 Å². The van der Waals surface area contributed by atoms with Crippen molar-refractivity contribution in [1.29, 1.82) is 0 Å². The largest absolute Gasteiger partial charge is 0.497 e. The zero-order valence-corrected chi connectivity index (χ0v) is 15.6. The van der Waals surface area contributed by atoms with Gasteiger partial charge in [0.05, 0.1) is 20.2 Å². The summed E-state index contributed by atoms with van der Waals surface area (Å²) in [5, 5.41) is 4.07. The maximum absolute atomic E-state index is 12.7. The first-order valence-electron chi connectivity index (χ1n) is 7.90. The van der Waals surface area contributed by atoms with Crippen LogP contribution in [-0.2, 0) is 17.9 Å². The Morgan fingerprint density at radius 3 is 2.28 bits per heavy atom. The first kappa shape index (κ1) is 17.5. The van der Waals surface area contributed by atoms with Gasteiger partial charge < -0.3 is 9.64 Å². The van der Waals surface area contributed by atoms with Crippen molar-refractivity contribution >= 4 is 34.7 Å². The van der Waals surface area contributed by atoms with Crippen LogP contribution in [0.5, 0.6) is 5.75 Å². The van der Waals surface area contributed by atoms with Crippen LogP contribution in [-0.4, -0.2) is 17.9 Å². The molecule has 5 heteroatoms. The number of carbonyl (C=O) groups excluding carboxylic acids is 1. The molecule has 0 atom stereocenters. The zero-order chi connectivity index (χ0) is 17.5. The molecule has 3 aromatic rings. The average molecular weight is 370 g/mol. The third-order valence-corrected chi connectivity index (χ3v) is 5.40. The lowest BCUT2D eigenvalue weighted by molar-refractivity contribution is -0.127. The molecule has 1 aromatic carbocycles. The van der Waals surface area contributed by atoms with Crippen LogP contribution in [0.1, 0.15) is 15.3 Å². The van der Waals surface area contributed by atoms with E-state index in [0.29, 0.717) is 13.1 Å². The van der Waals surface area contributed by atoms with Crippen molar-refractivity contribution in [2.75, 3.05) is 7.11 Å².